The summed E-state index contributed by atoms with van der Waals surface area (Å²) in [4.78, 5) is 30.6. The number of amides is 3. The van der Waals surface area contributed by atoms with Gasteiger partial charge in [0.25, 0.3) is 0 Å². The number of hydrogen-bond acceptors (Lipinski definition) is 5. The number of carbonyl (C=O) groups excluding carboxylic acids is 2. The maximum absolute atomic E-state index is 12.7. The van der Waals surface area contributed by atoms with E-state index in [0.29, 0.717) is 44.8 Å². The van der Waals surface area contributed by atoms with Crippen molar-refractivity contribution in [2.45, 2.75) is 25.7 Å². The molecule has 2 saturated heterocycles. The van der Waals surface area contributed by atoms with Crippen LogP contribution in [-0.4, -0.2) is 81.6 Å². The number of halogens is 3. The number of likely N-dealkylation sites (tertiary alicyclic amines) is 2. The SMILES string of the molecule is CN(Cc1cn[nH]n1)C(=O)N1C[C@H]2CN(C(=O)CCc3ccc(OC(F)(F)F)cc3)C[C@H]2C1. The van der Waals surface area contributed by atoms with Crippen LogP contribution in [0, 0.1) is 11.8 Å². The van der Waals surface area contributed by atoms with Crippen LogP contribution in [0.15, 0.2) is 30.5 Å². The lowest BCUT2D eigenvalue weighted by Crippen LogP contribution is -2.41. The van der Waals surface area contributed by atoms with E-state index in [0.717, 1.165) is 5.56 Å². The molecule has 4 rings (SSSR count). The van der Waals surface area contributed by atoms with E-state index in [9.17, 15) is 22.8 Å². The topological polar surface area (TPSA) is 94.7 Å². The lowest BCUT2D eigenvalue weighted by atomic mass is 10.0. The summed E-state index contributed by atoms with van der Waals surface area (Å²) in [6.07, 6.45) is -2.43. The van der Waals surface area contributed by atoms with Gasteiger partial charge in [0.15, 0.2) is 0 Å². The number of fused-ring (bicyclic) bond motifs is 1. The summed E-state index contributed by atoms with van der Waals surface area (Å²) in [6.45, 7) is 2.81. The Kier molecular flexibility index (Phi) is 6.43. The van der Waals surface area contributed by atoms with Gasteiger partial charge in [-0.05, 0) is 24.1 Å². The van der Waals surface area contributed by atoms with E-state index in [-0.39, 0.29) is 35.9 Å². The lowest BCUT2D eigenvalue weighted by molar-refractivity contribution is -0.274. The number of aryl methyl sites for hydroxylation is 1. The molecule has 2 fully saturated rings. The van der Waals surface area contributed by atoms with Gasteiger partial charge >= 0.3 is 12.4 Å². The van der Waals surface area contributed by atoms with Crippen LogP contribution < -0.4 is 4.74 Å². The molecular formula is C21H25F3N6O3. The second-order valence-electron chi connectivity index (χ2n) is 8.52. The third-order valence-corrected chi connectivity index (χ3v) is 6.08. The van der Waals surface area contributed by atoms with Crippen LogP contribution in [0.3, 0.4) is 0 Å². The molecule has 3 amide bonds. The first-order valence-electron chi connectivity index (χ1n) is 10.6. The molecule has 12 heteroatoms. The second kappa shape index (κ2) is 9.28. The van der Waals surface area contributed by atoms with Crippen molar-refractivity contribution in [2.75, 3.05) is 33.2 Å². The highest BCUT2D eigenvalue weighted by molar-refractivity contribution is 5.77. The molecule has 178 valence electrons. The van der Waals surface area contributed by atoms with Gasteiger partial charge < -0.3 is 19.4 Å². The Morgan fingerprint density at radius 1 is 1.12 bits per heavy atom. The zero-order valence-corrected chi connectivity index (χ0v) is 18.1. The van der Waals surface area contributed by atoms with Gasteiger partial charge in [-0.3, -0.25) is 4.79 Å². The van der Waals surface area contributed by atoms with Gasteiger partial charge in [-0.1, -0.05) is 12.1 Å². The fourth-order valence-electron chi connectivity index (χ4n) is 4.47. The van der Waals surface area contributed by atoms with Crippen LogP contribution >= 0.6 is 0 Å². The molecule has 0 saturated carbocycles. The summed E-state index contributed by atoms with van der Waals surface area (Å²) in [7, 11) is 1.72. The molecule has 1 aromatic carbocycles. The maximum atomic E-state index is 12.7. The average molecular weight is 466 g/mol. The number of aromatic nitrogens is 3. The number of carbonyl (C=O) groups is 2. The summed E-state index contributed by atoms with van der Waals surface area (Å²) < 4.78 is 40.6. The number of nitrogens with one attached hydrogen (secondary N) is 1. The van der Waals surface area contributed by atoms with E-state index in [1.807, 2.05) is 9.80 Å². The number of benzene rings is 1. The molecule has 3 heterocycles. The van der Waals surface area contributed by atoms with E-state index in [2.05, 4.69) is 20.1 Å². The predicted molar refractivity (Wildman–Crippen MR) is 110 cm³/mol. The van der Waals surface area contributed by atoms with E-state index in [4.69, 9.17) is 0 Å². The normalized spacial score (nSPS) is 20.1. The Morgan fingerprint density at radius 3 is 2.33 bits per heavy atom. The summed E-state index contributed by atoms with van der Waals surface area (Å²) >= 11 is 0. The van der Waals surface area contributed by atoms with Crippen LogP contribution in [0.25, 0.3) is 0 Å². The van der Waals surface area contributed by atoms with Crippen molar-refractivity contribution in [1.82, 2.24) is 30.1 Å². The van der Waals surface area contributed by atoms with Gasteiger partial charge in [-0.15, -0.1) is 13.2 Å². The summed E-state index contributed by atoms with van der Waals surface area (Å²) in [5, 5.41) is 10.2. The highest BCUT2D eigenvalue weighted by Crippen LogP contribution is 2.32. The molecule has 2 aliphatic rings. The quantitative estimate of drug-likeness (QED) is 0.705. The number of rotatable bonds is 6. The van der Waals surface area contributed by atoms with Crippen LogP contribution in [0.2, 0.25) is 0 Å². The van der Waals surface area contributed by atoms with Gasteiger partial charge in [-0.25, -0.2) is 4.79 Å². The van der Waals surface area contributed by atoms with Crippen molar-refractivity contribution in [2.24, 2.45) is 11.8 Å². The first-order valence-corrected chi connectivity index (χ1v) is 10.6. The number of ether oxygens (including phenoxy) is 1. The number of alkyl halides is 3. The Morgan fingerprint density at radius 2 is 1.76 bits per heavy atom. The van der Waals surface area contributed by atoms with Gasteiger partial charge in [0.05, 0.1) is 12.7 Å². The number of H-pyrrole nitrogens is 1. The van der Waals surface area contributed by atoms with Gasteiger partial charge in [0, 0.05) is 51.5 Å². The molecular weight excluding hydrogens is 441 g/mol. The highest BCUT2D eigenvalue weighted by Gasteiger charge is 2.43. The molecule has 0 unspecified atom stereocenters. The molecule has 2 aromatic rings. The van der Waals surface area contributed by atoms with E-state index >= 15 is 0 Å². The lowest BCUT2D eigenvalue weighted by Gasteiger charge is -2.26. The van der Waals surface area contributed by atoms with Crippen LogP contribution in [0.4, 0.5) is 18.0 Å². The van der Waals surface area contributed by atoms with Crippen molar-refractivity contribution in [3.05, 3.63) is 41.7 Å². The van der Waals surface area contributed by atoms with Crippen LogP contribution in [0.5, 0.6) is 5.75 Å². The summed E-state index contributed by atoms with van der Waals surface area (Å²) in [6, 6.07) is 5.50. The number of urea groups is 1. The molecule has 2 aliphatic heterocycles. The molecule has 33 heavy (non-hydrogen) atoms. The third-order valence-electron chi connectivity index (χ3n) is 6.08. The van der Waals surface area contributed by atoms with E-state index < -0.39 is 6.36 Å². The van der Waals surface area contributed by atoms with Crippen molar-refractivity contribution in [3.63, 3.8) is 0 Å². The minimum absolute atomic E-state index is 0.0149. The van der Waals surface area contributed by atoms with Crippen LogP contribution in [0.1, 0.15) is 17.7 Å². The Labute approximate surface area is 188 Å². The summed E-state index contributed by atoms with van der Waals surface area (Å²) in [5.74, 6) is 0.228. The molecule has 0 bridgehead atoms. The van der Waals surface area contributed by atoms with Crippen molar-refractivity contribution >= 4 is 11.9 Å². The smallest absolute Gasteiger partial charge is 0.406 e. The van der Waals surface area contributed by atoms with Crippen LogP contribution in [-0.2, 0) is 17.8 Å². The average Bonchev–Trinajstić information content (AvgIpc) is 3.48. The molecule has 0 spiro atoms. The third kappa shape index (κ3) is 5.74. The van der Waals surface area contributed by atoms with E-state index in [1.54, 1.807) is 18.1 Å². The standard InChI is InChI=1S/C21H25F3N6O3/c1-28(13-17-8-25-27-26-17)20(32)30-11-15-9-29(10-16(15)12-30)19(31)7-4-14-2-5-18(6-3-14)33-21(22,23)24/h2-3,5-6,8,15-16H,4,7,9-13H2,1H3,(H,25,26,27)/t15-,16+. The largest absolute Gasteiger partial charge is 0.573 e. The molecule has 1 N–H and O–H groups in total. The molecule has 9 nitrogen and oxygen atoms in total. The maximum Gasteiger partial charge on any atom is 0.573 e. The summed E-state index contributed by atoms with van der Waals surface area (Å²) in [5.41, 5.74) is 1.45. The van der Waals surface area contributed by atoms with Crippen molar-refractivity contribution in [1.29, 1.82) is 0 Å². The molecule has 0 radical (unpaired) electrons. The zero-order valence-electron chi connectivity index (χ0n) is 18.1. The number of nitrogens with zero attached hydrogens (tertiary/aromatic N) is 5. The second-order valence-corrected chi connectivity index (χ2v) is 8.52. The van der Waals surface area contributed by atoms with Gasteiger partial charge in [0.2, 0.25) is 5.91 Å². The van der Waals surface area contributed by atoms with E-state index in [1.165, 1.54) is 24.3 Å². The first-order chi connectivity index (χ1) is 15.7. The Bertz CT molecular complexity index is 953. The Hall–Kier alpha value is -3.31. The molecule has 2 atom stereocenters. The number of hydrogen-bond donors (Lipinski definition) is 1. The zero-order chi connectivity index (χ0) is 23.6. The highest BCUT2D eigenvalue weighted by atomic mass is 19.4. The fourth-order valence-corrected chi connectivity index (χ4v) is 4.47. The fraction of sp³-hybridized carbons (Fsp3) is 0.524. The minimum Gasteiger partial charge on any atom is -0.406 e. The first kappa shape index (κ1) is 22.9. The van der Waals surface area contributed by atoms with Gasteiger partial charge in [0.1, 0.15) is 11.4 Å². The minimum atomic E-state index is -4.72. The Balaban J connectivity index is 1.21. The number of aromatic amines is 1. The van der Waals surface area contributed by atoms with Gasteiger partial charge in [-0.2, -0.15) is 15.4 Å². The van der Waals surface area contributed by atoms with Crippen molar-refractivity contribution < 1.29 is 27.5 Å². The molecule has 0 aliphatic carbocycles. The predicted octanol–water partition coefficient (Wildman–Crippen LogP) is 2.28. The molecule has 1 aromatic heterocycles. The monoisotopic (exact) mass is 466 g/mol. The van der Waals surface area contributed by atoms with Crippen molar-refractivity contribution in [3.8, 4) is 5.75 Å².